The van der Waals surface area contributed by atoms with E-state index in [-0.39, 0.29) is 16.9 Å². The van der Waals surface area contributed by atoms with Gasteiger partial charge in [-0.3, -0.25) is 4.18 Å². The third-order valence-electron chi connectivity index (χ3n) is 7.02. The smallest absolute Gasteiger partial charge is 0.296 e. The Kier molecular flexibility index (Phi) is 3.81. The molecule has 0 amide bonds. The van der Waals surface area contributed by atoms with Crippen LogP contribution in [0.15, 0.2) is 29.2 Å². The van der Waals surface area contributed by atoms with Gasteiger partial charge >= 0.3 is 0 Å². The van der Waals surface area contributed by atoms with Gasteiger partial charge in [-0.05, 0) is 62.5 Å². The number of hydrogen-bond acceptors (Lipinski definition) is 5. The van der Waals surface area contributed by atoms with Gasteiger partial charge in [-0.2, -0.15) is 8.42 Å². The van der Waals surface area contributed by atoms with Crippen LogP contribution in [0, 0.1) is 30.1 Å². The Hall–Kier alpha value is -0.950. The minimum Gasteiger partial charge on any atom is -0.347 e. The lowest BCUT2D eigenvalue weighted by Gasteiger charge is -2.62. The number of hydrogen-bond donors (Lipinski definition) is 0. The maximum Gasteiger partial charge on any atom is 0.296 e. The van der Waals surface area contributed by atoms with Gasteiger partial charge in [-0.25, -0.2) is 0 Å². The minimum absolute atomic E-state index is 0.0468. The molecule has 0 N–H and O–H groups in total. The van der Waals surface area contributed by atoms with Crippen LogP contribution in [0.4, 0.5) is 0 Å². The van der Waals surface area contributed by atoms with Crippen LogP contribution in [0.1, 0.15) is 37.7 Å². The summed E-state index contributed by atoms with van der Waals surface area (Å²) in [5.74, 6) is 1.01. The SMILES string of the molecule is Cc1ccc(S(=O)(=O)OCC23CC4C[C@H](C2)C2(OCCO2)[C@@H](C4)C3)cc1. The summed E-state index contributed by atoms with van der Waals surface area (Å²) >= 11 is 0. The molecule has 142 valence electrons. The van der Waals surface area contributed by atoms with Crippen LogP contribution >= 0.6 is 0 Å². The molecule has 5 aliphatic rings. The zero-order chi connectivity index (χ0) is 18.0. The van der Waals surface area contributed by atoms with E-state index >= 15 is 0 Å². The summed E-state index contributed by atoms with van der Waals surface area (Å²) < 4.78 is 43.0. The van der Waals surface area contributed by atoms with Crippen LogP contribution < -0.4 is 0 Å². The third-order valence-corrected chi connectivity index (χ3v) is 8.30. The Morgan fingerprint density at radius 1 is 1.04 bits per heavy atom. The zero-order valence-electron chi connectivity index (χ0n) is 15.1. The summed E-state index contributed by atoms with van der Waals surface area (Å²) in [6, 6.07) is 6.86. The summed E-state index contributed by atoms with van der Waals surface area (Å²) in [5, 5.41) is 0. The van der Waals surface area contributed by atoms with Gasteiger partial charge in [0.2, 0.25) is 0 Å². The Morgan fingerprint density at radius 2 is 1.65 bits per heavy atom. The lowest BCUT2D eigenvalue weighted by Crippen LogP contribution is -2.62. The molecule has 2 unspecified atom stereocenters. The maximum absolute atomic E-state index is 12.6. The van der Waals surface area contributed by atoms with Crippen molar-refractivity contribution in [3.8, 4) is 0 Å². The molecule has 4 saturated carbocycles. The Labute approximate surface area is 155 Å². The molecule has 4 atom stereocenters. The van der Waals surface area contributed by atoms with Crippen molar-refractivity contribution in [2.24, 2.45) is 23.2 Å². The monoisotopic (exact) mass is 378 g/mol. The maximum atomic E-state index is 12.6. The summed E-state index contributed by atoms with van der Waals surface area (Å²) in [4.78, 5) is 0.242. The van der Waals surface area contributed by atoms with Crippen LogP contribution in [-0.4, -0.2) is 34.0 Å². The Bertz CT molecular complexity index is 776. The van der Waals surface area contributed by atoms with Crippen molar-refractivity contribution < 1.29 is 22.1 Å². The topological polar surface area (TPSA) is 61.8 Å². The average Bonchev–Trinajstić information content (AvgIpc) is 3.09. The molecule has 0 aromatic heterocycles. The zero-order valence-corrected chi connectivity index (χ0v) is 16.0. The first-order valence-corrected chi connectivity index (χ1v) is 11.1. The van der Waals surface area contributed by atoms with Crippen LogP contribution in [0.2, 0.25) is 0 Å². The van der Waals surface area contributed by atoms with Crippen molar-refractivity contribution in [1.82, 2.24) is 0 Å². The van der Waals surface area contributed by atoms with E-state index in [1.807, 2.05) is 6.92 Å². The van der Waals surface area contributed by atoms with Crippen LogP contribution in [-0.2, 0) is 23.8 Å². The molecule has 4 bridgehead atoms. The number of ether oxygens (including phenoxy) is 2. The Balaban J connectivity index is 1.34. The first-order chi connectivity index (χ1) is 12.4. The molecule has 4 aliphatic carbocycles. The summed E-state index contributed by atoms with van der Waals surface area (Å²) in [5.41, 5.74) is 0.987. The quantitative estimate of drug-likeness (QED) is 0.753. The van der Waals surface area contributed by atoms with Crippen molar-refractivity contribution >= 4 is 10.1 Å². The number of aryl methyl sites for hydroxylation is 1. The Morgan fingerprint density at radius 3 is 2.27 bits per heavy atom. The van der Waals surface area contributed by atoms with Crippen molar-refractivity contribution in [3.63, 3.8) is 0 Å². The molecule has 0 radical (unpaired) electrons. The van der Waals surface area contributed by atoms with Gasteiger partial charge in [0.25, 0.3) is 10.1 Å². The second kappa shape index (κ2) is 5.77. The van der Waals surface area contributed by atoms with E-state index in [0.29, 0.717) is 31.0 Å². The van der Waals surface area contributed by atoms with Gasteiger partial charge in [-0.15, -0.1) is 0 Å². The molecule has 5 fully saturated rings. The largest absolute Gasteiger partial charge is 0.347 e. The molecule has 1 saturated heterocycles. The highest BCUT2D eigenvalue weighted by Crippen LogP contribution is 2.65. The molecular formula is C20H26O5S. The van der Waals surface area contributed by atoms with Gasteiger partial charge < -0.3 is 9.47 Å². The minimum atomic E-state index is -3.71. The van der Waals surface area contributed by atoms with E-state index in [1.54, 1.807) is 24.3 Å². The standard InChI is InChI=1S/C20H26O5S/c1-14-2-4-18(5-3-14)26(21,22)25-13-19-10-15-8-16(11-19)20(17(9-15)12-19)23-6-7-24-20/h2-5,15-17H,6-13H2,1H3/t15?,16-,17+,19?. The van der Waals surface area contributed by atoms with Crippen LogP contribution in [0.25, 0.3) is 0 Å². The highest BCUT2D eigenvalue weighted by molar-refractivity contribution is 7.86. The highest BCUT2D eigenvalue weighted by Gasteiger charge is 2.65. The van der Waals surface area contributed by atoms with E-state index in [0.717, 1.165) is 37.7 Å². The summed E-state index contributed by atoms with van der Waals surface area (Å²) in [6.45, 7) is 3.59. The van der Waals surface area contributed by atoms with Gasteiger partial charge in [-0.1, -0.05) is 17.7 Å². The molecule has 1 aromatic carbocycles. The normalized spacial score (nSPS) is 37.5. The van der Waals surface area contributed by atoms with Crippen molar-refractivity contribution in [2.45, 2.75) is 49.7 Å². The van der Waals surface area contributed by atoms with Crippen molar-refractivity contribution in [3.05, 3.63) is 29.8 Å². The number of rotatable bonds is 4. The first kappa shape index (κ1) is 17.2. The van der Waals surface area contributed by atoms with E-state index in [4.69, 9.17) is 13.7 Å². The van der Waals surface area contributed by atoms with Crippen LogP contribution in [0.3, 0.4) is 0 Å². The third kappa shape index (κ3) is 2.57. The van der Waals surface area contributed by atoms with E-state index in [2.05, 4.69) is 0 Å². The highest BCUT2D eigenvalue weighted by atomic mass is 32.2. The fourth-order valence-corrected chi connectivity index (χ4v) is 7.17. The predicted octanol–water partition coefficient (Wildman–Crippen LogP) is 3.27. The molecule has 1 aliphatic heterocycles. The van der Waals surface area contributed by atoms with Gasteiger partial charge in [0.15, 0.2) is 5.79 Å². The molecule has 6 rings (SSSR count). The average molecular weight is 378 g/mol. The second-order valence-corrected chi connectivity index (χ2v) is 10.4. The molecular weight excluding hydrogens is 352 g/mol. The van der Waals surface area contributed by atoms with Crippen LogP contribution in [0.5, 0.6) is 0 Å². The lowest BCUT2D eigenvalue weighted by atomic mass is 9.47. The fourth-order valence-electron chi connectivity index (χ4n) is 6.16. The fraction of sp³-hybridized carbons (Fsp3) is 0.700. The predicted molar refractivity (Wildman–Crippen MR) is 94.9 cm³/mol. The van der Waals surface area contributed by atoms with Gasteiger partial charge in [0.05, 0.1) is 24.7 Å². The van der Waals surface area contributed by atoms with Crippen molar-refractivity contribution in [2.75, 3.05) is 19.8 Å². The summed E-state index contributed by atoms with van der Waals surface area (Å²) in [7, 11) is -3.71. The second-order valence-electron chi connectivity index (χ2n) is 8.79. The molecule has 5 nitrogen and oxygen atoms in total. The molecule has 1 heterocycles. The van der Waals surface area contributed by atoms with E-state index in [1.165, 1.54) is 0 Å². The summed E-state index contributed by atoms with van der Waals surface area (Å²) in [6.07, 6.45) is 5.25. The van der Waals surface area contributed by atoms with E-state index in [9.17, 15) is 8.42 Å². The molecule has 26 heavy (non-hydrogen) atoms. The lowest BCUT2D eigenvalue weighted by molar-refractivity contribution is -0.304. The number of benzene rings is 1. The first-order valence-electron chi connectivity index (χ1n) is 9.65. The molecule has 6 heteroatoms. The molecule has 1 spiro atoms. The molecule has 1 aromatic rings. The van der Waals surface area contributed by atoms with Gasteiger partial charge in [0, 0.05) is 11.8 Å². The van der Waals surface area contributed by atoms with E-state index < -0.39 is 15.9 Å². The van der Waals surface area contributed by atoms with Gasteiger partial charge in [0.1, 0.15) is 0 Å². The van der Waals surface area contributed by atoms with Crippen molar-refractivity contribution in [1.29, 1.82) is 0 Å².